The lowest BCUT2D eigenvalue weighted by molar-refractivity contribution is 0.535. The van der Waals surface area contributed by atoms with Crippen molar-refractivity contribution in [1.29, 1.82) is 0 Å². The number of benzene rings is 1. The molecule has 15 heavy (non-hydrogen) atoms. The first-order valence-electron chi connectivity index (χ1n) is 5.41. The van der Waals surface area contributed by atoms with Crippen molar-refractivity contribution in [3.63, 3.8) is 0 Å². The Balaban J connectivity index is 2.09. The van der Waals surface area contributed by atoms with Gasteiger partial charge >= 0.3 is 0 Å². The number of aryl methyl sites for hydroxylation is 1. The molecule has 0 saturated carbocycles. The first-order valence-corrected chi connectivity index (χ1v) is 6.32. The Hall–Kier alpha value is -0.760. The van der Waals surface area contributed by atoms with Crippen molar-refractivity contribution in [3.05, 3.63) is 36.1 Å². The minimum Gasteiger partial charge on any atom is -0.461 e. The van der Waals surface area contributed by atoms with Gasteiger partial charge in [-0.3, -0.25) is 0 Å². The van der Waals surface area contributed by atoms with Gasteiger partial charge in [0.1, 0.15) is 11.3 Å². The molecular weight excluding hydrogens is 252 g/mol. The van der Waals surface area contributed by atoms with Crippen LogP contribution in [0, 0.1) is 0 Å². The predicted molar refractivity (Wildman–Crippen MR) is 67.5 cm³/mol. The minimum atomic E-state index is 0.603. The zero-order valence-electron chi connectivity index (χ0n) is 8.87. The first-order chi connectivity index (χ1) is 7.29. The molecule has 1 aromatic heterocycles. The van der Waals surface area contributed by atoms with Gasteiger partial charge in [-0.2, -0.15) is 0 Å². The summed E-state index contributed by atoms with van der Waals surface area (Å²) in [5.74, 6) is 1.09. The van der Waals surface area contributed by atoms with Gasteiger partial charge < -0.3 is 4.42 Å². The van der Waals surface area contributed by atoms with Crippen molar-refractivity contribution in [2.45, 2.75) is 31.0 Å². The van der Waals surface area contributed by atoms with E-state index in [0.29, 0.717) is 4.83 Å². The Bertz CT molecular complexity index is 400. The summed E-state index contributed by atoms with van der Waals surface area (Å²) in [5.41, 5.74) is 0.995. The smallest absolute Gasteiger partial charge is 0.134 e. The highest BCUT2D eigenvalue weighted by molar-refractivity contribution is 9.09. The van der Waals surface area contributed by atoms with Gasteiger partial charge in [0.05, 0.1) is 0 Å². The van der Waals surface area contributed by atoms with E-state index in [0.717, 1.165) is 24.2 Å². The molecule has 2 rings (SSSR count). The number of fused-ring (bicyclic) bond motifs is 1. The molecule has 1 nitrogen and oxygen atoms in total. The number of halogens is 1. The van der Waals surface area contributed by atoms with Crippen molar-refractivity contribution in [2.75, 3.05) is 0 Å². The highest BCUT2D eigenvalue weighted by atomic mass is 79.9. The summed E-state index contributed by atoms with van der Waals surface area (Å²) >= 11 is 3.64. The molecule has 0 aliphatic heterocycles. The van der Waals surface area contributed by atoms with E-state index in [2.05, 4.69) is 35.0 Å². The van der Waals surface area contributed by atoms with Crippen LogP contribution in [0.25, 0.3) is 11.0 Å². The lowest BCUT2D eigenvalue weighted by atomic mass is 10.1. The summed E-state index contributed by atoms with van der Waals surface area (Å²) in [6.07, 6.45) is 3.31. The van der Waals surface area contributed by atoms with Crippen molar-refractivity contribution in [3.8, 4) is 0 Å². The standard InChI is InChI=1S/C13H15BrO/c1-2-11(14)7-8-12-9-10-5-3-4-6-13(10)15-12/h3-6,9,11H,2,7-8H2,1H3. The van der Waals surface area contributed by atoms with Crippen LogP contribution in [0.15, 0.2) is 34.7 Å². The van der Waals surface area contributed by atoms with Gasteiger partial charge in [0.15, 0.2) is 0 Å². The maximum Gasteiger partial charge on any atom is 0.134 e. The number of hydrogen-bond donors (Lipinski definition) is 0. The van der Waals surface area contributed by atoms with E-state index in [1.54, 1.807) is 0 Å². The largest absolute Gasteiger partial charge is 0.461 e. The van der Waals surface area contributed by atoms with Crippen LogP contribution in [-0.4, -0.2) is 4.83 Å². The van der Waals surface area contributed by atoms with E-state index in [-0.39, 0.29) is 0 Å². The first kappa shape index (κ1) is 10.7. The lowest BCUT2D eigenvalue weighted by Gasteiger charge is -2.03. The van der Waals surface area contributed by atoms with Gasteiger partial charge in [0, 0.05) is 16.6 Å². The lowest BCUT2D eigenvalue weighted by Crippen LogP contribution is -1.96. The Morgan fingerprint density at radius 3 is 2.87 bits per heavy atom. The second-order valence-electron chi connectivity index (χ2n) is 3.79. The molecule has 0 saturated heterocycles. The molecule has 0 radical (unpaired) electrons. The molecular formula is C13H15BrO. The summed E-state index contributed by atoms with van der Waals surface area (Å²) in [6.45, 7) is 2.19. The molecule has 0 bridgehead atoms. The molecule has 0 aliphatic rings. The third-order valence-electron chi connectivity index (χ3n) is 2.62. The summed E-state index contributed by atoms with van der Waals surface area (Å²) in [7, 11) is 0. The number of alkyl halides is 1. The Morgan fingerprint density at radius 1 is 1.33 bits per heavy atom. The normalized spacial score (nSPS) is 13.2. The molecule has 0 spiro atoms. The van der Waals surface area contributed by atoms with Crippen molar-refractivity contribution in [2.24, 2.45) is 0 Å². The summed E-state index contributed by atoms with van der Waals surface area (Å²) in [4.78, 5) is 0.603. The van der Waals surface area contributed by atoms with Crippen LogP contribution >= 0.6 is 15.9 Å². The highest BCUT2D eigenvalue weighted by Crippen LogP contribution is 2.21. The van der Waals surface area contributed by atoms with Crippen LogP contribution in [0.1, 0.15) is 25.5 Å². The van der Waals surface area contributed by atoms with E-state index < -0.39 is 0 Å². The molecule has 1 unspecified atom stereocenters. The van der Waals surface area contributed by atoms with E-state index in [4.69, 9.17) is 4.42 Å². The molecule has 0 amide bonds. The van der Waals surface area contributed by atoms with Gasteiger partial charge in [0.25, 0.3) is 0 Å². The van der Waals surface area contributed by atoms with E-state index in [1.165, 1.54) is 11.8 Å². The van der Waals surface area contributed by atoms with E-state index in [9.17, 15) is 0 Å². The third-order valence-corrected chi connectivity index (χ3v) is 3.73. The second kappa shape index (κ2) is 4.84. The molecule has 0 N–H and O–H groups in total. The highest BCUT2D eigenvalue weighted by Gasteiger charge is 2.05. The van der Waals surface area contributed by atoms with Crippen molar-refractivity contribution < 1.29 is 4.42 Å². The Kier molecular flexibility index (Phi) is 3.47. The number of hydrogen-bond acceptors (Lipinski definition) is 1. The molecule has 2 heteroatoms. The summed E-state index contributed by atoms with van der Waals surface area (Å²) < 4.78 is 5.74. The number of furan rings is 1. The monoisotopic (exact) mass is 266 g/mol. The molecule has 1 heterocycles. The number of rotatable bonds is 4. The van der Waals surface area contributed by atoms with Crippen LogP contribution in [0.3, 0.4) is 0 Å². The molecule has 0 fully saturated rings. The van der Waals surface area contributed by atoms with Gasteiger partial charge in [0.2, 0.25) is 0 Å². The fourth-order valence-electron chi connectivity index (χ4n) is 1.66. The molecule has 80 valence electrons. The topological polar surface area (TPSA) is 13.1 Å². The van der Waals surface area contributed by atoms with Crippen LogP contribution < -0.4 is 0 Å². The average Bonchev–Trinajstić information content (AvgIpc) is 2.68. The average molecular weight is 267 g/mol. The quantitative estimate of drug-likeness (QED) is 0.741. The van der Waals surface area contributed by atoms with Crippen LogP contribution in [0.5, 0.6) is 0 Å². The van der Waals surface area contributed by atoms with E-state index >= 15 is 0 Å². The van der Waals surface area contributed by atoms with Gasteiger partial charge in [-0.1, -0.05) is 41.1 Å². The summed E-state index contributed by atoms with van der Waals surface area (Å²) in [5, 5.41) is 1.20. The second-order valence-corrected chi connectivity index (χ2v) is 5.09. The Labute approximate surface area is 98.6 Å². The Morgan fingerprint density at radius 2 is 2.13 bits per heavy atom. The van der Waals surface area contributed by atoms with Crippen LogP contribution in [0.2, 0.25) is 0 Å². The maximum absolute atomic E-state index is 5.74. The van der Waals surface area contributed by atoms with Crippen LogP contribution in [0.4, 0.5) is 0 Å². The zero-order valence-corrected chi connectivity index (χ0v) is 10.5. The summed E-state index contributed by atoms with van der Waals surface area (Å²) in [6, 6.07) is 10.3. The van der Waals surface area contributed by atoms with Crippen LogP contribution in [-0.2, 0) is 6.42 Å². The SMILES string of the molecule is CCC(Br)CCc1cc2ccccc2o1. The van der Waals surface area contributed by atoms with E-state index in [1.807, 2.05) is 18.2 Å². The maximum atomic E-state index is 5.74. The molecule has 1 atom stereocenters. The molecule has 1 aromatic carbocycles. The predicted octanol–water partition coefficient (Wildman–Crippen LogP) is 4.54. The minimum absolute atomic E-state index is 0.603. The fourth-order valence-corrected chi connectivity index (χ4v) is 1.89. The van der Waals surface area contributed by atoms with Gasteiger partial charge in [-0.15, -0.1) is 0 Å². The van der Waals surface area contributed by atoms with Crippen molar-refractivity contribution in [1.82, 2.24) is 0 Å². The number of para-hydroxylation sites is 1. The van der Waals surface area contributed by atoms with Crippen molar-refractivity contribution >= 4 is 26.9 Å². The molecule has 0 aliphatic carbocycles. The van der Waals surface area contributed by atoms with Gasteiger partial charge in [-0.25, -0.2) is 0 Å². The third kappa shape index (κ3) is 2.63. The van der Waals surface area contributed by atoms with Gasteiger partial charge in [-0.05, 0) is 25.0 Å². The zero-order chi connectivity index (χ0) is 10.7. The fraction of sp³-hybridized carbons (Fsp3) is 0.385. The molecule has 2 aromatic rings.